The molecule has 0 amide bonds. The average Bonchev–Trinajstić information content (AvgIpc) is 3.01. The Balaban J connectivity index is 1.81. The van der Waals surface area contributed by atoms with Gasteiger partial charge in [-0.3, -0.25) is 0 Å². The van der Waals surface area contributed by atoms with E-state index < -0.39 is 0 Å². The first-order valence-electron chi connectivity index (χ1n) is 7.14. The molecule has 0 saturated heterocycles. The van der Waals surface area contributed by atoms with Crippen LogP contribution in [0.15, 0.2) is 23.0 Å². The van der Waals surface area contributed by atoms with Gasteiger partial charge >= 0.3 is 0 Å². The molecule has 1 fully saturated rings. The van der Waals surface area contributed by atoms with E-state index in [0.29, 0.717) is 6.04 Å². The third-order valence-electron chi connectivity index (χ3n) is 3.95. The van der Waals surface area contributed by atoms with Crippen molar-refractivity contribution in [3.63, 3.8) is 0 Å². The maximum atomic E-state index is 5.13. The second kappa shape index (κ2) is 6.85. The van der Waals surface area contributed by atoms with E-state index in [2.05, 4.69) is 18.3 Å². The SMILES string of the molecule is CCCNC(CCc1ccoc1)C1CCCC1. The highest BCUT2D eigenvalue weighted by molar-refractivity contribution is 5.05. The summed E-state index contributed by atoms with van der Waals surface area (Å²) in [4.78, 5) is 0. The number of nitrogens with one attached hydrogen (secondary N) is 1. The molecule has 0 bridgehead atoms. The molecular weight excluding hydrogens is 210 g/mol. The minimum atomic E-state index is 0.715. The second-order valence-electron chi connectivity index (χ2n) is 5.28. The van der Waals surface area contributed by atoms with Crippen molar-refractivity contribution >= 4 is 0 Å². The van der Waals surface area contributed by atoms with Crippen LogP contribution in [0.5, 0.6) is 0 Å². The molecule has 1 aromatic rings. The monoisotopic (exact) mass is 235 g/mol. The van der Waals surface area contributed by atoms with Crippen molar-refractivity contribution in [3.05, 3.63) is 24.2 Å². The molecule has 1 unspecified atom stereocenters. The van der Waals surface area contributed by atoms with E-state index in [0.717, 1.165) is 18.9 Å². The van der Waals surface area contributed by atoms with E-state index in [-0.39, 0.29) is 0 Å². The molecule has 2 rings (SSSR count). The Morgan fingerprint density at radius 1 is 1.41 bits per heavy atom. The molecule has 1 heterocycles. The summed E-state index contributed by atoms with van der Waals surface area (Å²) in [6.45, 7) is 3.40. The largest absolute Gasteiger partial charge is 0.472 e. The lowest BCUT2D eigenvalue weighted by atomic mass is 9.93. The smallest absolute Gasteiger partial charge is 0.0934 e. The summed E-state index contributed by atoms with van der Waals surface area (Å²) < 4.78 is 5.13. The average molecular weight is 235 g/mol. The minimum Gasteiger partial charge on any atom is -0.472 e. The van der Waals surface area contributed by atoms with E-state index in [9.17, 15) is 0 Å². The molecule has 0 radical (unpaired) electrons. The molecule has 1 saturated carbocycles. The molecule has 0 aromatic carbocycles. The van der Waals surface area contributed by atoms with Crippen LogP contribution in [0.1, 0.15) is 51.0 Å². The maximum Gasteiger partial charge on any atom is 0.0934 e. The van der Waals surface area contributed by atoms with E-state index >= 15 is 0 Å². The van der Waals surface area contributed by atoms with Gasteiger partial charge in [0.15, 0.2) is 0 Å². The fourth-order valence-corrected chi connectivity index (χ4v) is 2.95. The molecule has 1 aromatic heterocycles. The van der Waals surface area contributed by atoms with Crippen molar-refractivity contribution in [1.82, 2.24) is 5.32 Å². The van der Waals surface area contributed by atoms with E-state index in [4.69, 9.17) is 4.42 Å². The van der Waals surface area contributed by atoms with Gasteiger partial charge in [0, 0.05) is 6.04 Å². The molecule has 0 aliphatic heterocycles. The van der Waals surface area contributed by atoms with Crippen LogP contribution in [-0.4, -0.2) is 12.6 Å². The van der Waals surface area contributed by atoms with Crippen molar-refractivity contribution in [3.8, 4) is 0 Å². The molecule has 1 aliphatic rings. The second-order valence-corrected chi connectivity index (χ2v) is 5.28. The number of rotatable bonds is 7. The van der Waals surface area contributed by atoms with Gasteiger partial charge in [-0.2, -0.15) is 0 Å². The van der Waals surface area contributed by atoms with Crippen LogP contribution in [0.3, 0.4) is 0 Å². The van der Waals surface area contributed by atoms with Gasteiger partial charge in [0.2, 0.25) is 0 Å². The third-order valence-corrected chi connectivity index (χ3v) is 3.95. The Morgan fingerprint density at radius 2 is 2.24 bits per heavy atom. The molecule has 1 aliphatic carbocycles. The zero-order valence-corrected chi connectivity index (χ0v) is 11.0. The Morgan fingerprint density at radius 3 is 2.88 bits per heavy atom. The minimum absolute atomic E-state index is 0.715. The van der Waals surface area contributed by atoms with Crippen molar-refractivity contribution in [2.45, 2.75) is 57.9 Å². The van der Waals surface area contributed by atoms with Gasteiger partial charge in [0.25, 0.3) is 0 Å². The Labute approximate surface area is 105 Å². The predicted octanol–water partition coefficient (Wildman–Crippen LogP) is 3.77. The van der Waals surface area contributed by atoms with Gasteiger partial charge in [-0.05, 0) is 56.2 Å². The number of aryl methyl sites for hydroxylation is 1. The van der Waals surface area contributed by atoms with Crippen LogP contribution in [0.2, 0.25) is 0 Å². The first-order chi connectivity index (χ1) is 8.40. The summed E-state index contributed by atoms with van der Waals surface area (Å²) in [6.07, 6.45) is 13.0. The summed E-state index contributed by atoms with van der Waals surface area (Å²) in [7, 11) is 0. The quantitative estimate of drug-likeness (QED) is 0.778. The van der Waals surface area contributed by atoms with Crippen molar-refractivity contribution in [2.75, 3.05) is 6.54 Å². The maximum absolute atomic E-state index is 5.13. The van der Waals surface area contributed by atoms with Crippen molar-refractivity contribution in [2.24, 2.45) is 5.92 Å². The highest BCUT2D eigenvalue weighted by atomic mass is 16.3. The predicted molar refractivity (Wildman–Crippen MR) is 71.1 cm³/mol. The van der Waals surface area contributed by atoms with E-state index in [1.807, 2.05) is 6.26 Å². The zero-order chi connectivity index (χ0) is 11.9. The van der Waals surface area contributed by atoms with Crippen molar-refractivity contribution in [1.29, 1.82) is 0 Å². The highest BCUT2D eigenvalue weighted by Crippen LogP contribution is 2.29. The molecular formula is C15H25NO. The van der Waals surface area contributed by atoms with Gasteiger partial charge in [0.1, 0.15) is 0 Å². The summed E-state index contributed by atoms with van der Waals surface area (Å²) in [6, 6.07) is 2.80. The third kappa shape index (κ3) is 3.88. The van der Waals surface area contributed by atoms with E-state index in [1.165, 1.54) is 44.1 Å². The molecule has 17 heavy (non-hydrogen) atoms. The Hall–Kier alpha value is -0.760. The van der Waals surface area contributed by atoms with Gasteiger partial charge in [0.05, 0.1) is 12.5 Å². The van der Waals surface area contributed by atoms with Gasteiger partial charge < -0.3 is 9.73 Å². The van der Waals surface area contributed by atoms with Crippen LogP contribution in [0.4, 0.5) is 0 Å². The van der Waals surface area contributed by atoms with Crippen molar-refractivity contribution < 1.29 is 4.42 Å². The molecule has 96 valence electrons. The first-order valence-corrected chi connectivity index (χ1v) is 7.14. The molecule has 2 heteroatoms. The topological polar surface area (TPSA) is 25.2 Å². The molecule has 2 nitrogen and oxygen atoms in total. The number of furan rings is 1. The summed E-state index contributed by atoms with van der Waals surface area (Å²) >= 11 is 0. The lowest BCUT2D eigenvalue weighted by Crippen LogP contribution is -2.36. The molecule has 1 N–H and O–H groups in total. The summed E-state index contributed by atoms with van der Waals surface area (Å²) in [5.41, 5.74) is 1.34. The fraction of sp³-hybridized carbons (Fsp3) is 0.733. The zero-order valence-electron chi connectivity index (χ0n) is 11.0. The van der Waals surface area contributed by atoms with Crippen LogP contribution < -0.4 is 5.32 Å². The van der Waals surface area contributed by atoms with Crippen LogP contribution >= 0.6 is 0 Å². The normalized spacial score (nSPS) is 18.6. The summed E-state index contributed by atoms with van der Waals surface area (Å²) in [5.74, 6) is 0.911. The molecule has 0 spiro atoms. The standard InChI is InChI=1S/C15H25NO/c1-2-10-16-15(14-5-3-4-6-14)8-7-13-9-11-17-12-13/h9,11-12,14-16H,2-8,10H2,1H3. The summed E-state index contributed by atoms with van der Waals surface area (Å²) in [5, 5.41) is 3.74. The Kier molecular flexibility index (Phi) is 5.11. The van der Waals surface area contributed by atoms with Gasteiger partial charge in [-0.1, -0.05) is 19.8 Å². The van der Waals surface area contributed by atoms with Gasteiger partial charge in [-0.15, -0.1) is 0 Å². The first kappa shape index (κ1) is 12.7. The lowest BCUT2D eigenvalue weighted by molar-refractivity contribution is 0.340. The van der Waals surface area contributed by atoms with Crippen LogP contribution in [0.25, 0.3) is 0 Å². The molecule has 1 atom stereocenters. The van der Waals surface area contributed by atoms with E-state index in [1.54, 1.807) is 6.26 Å². The number of hydrogen-bond acceptors (Lipinski definition) is 2. The number of hydrogen-bond donors (Lipinski definition) is 1. The van der Waals surface area contributed by atoms with Gasteiger partial charge in [-0.25, -0.2) is 0 Å². The van der Waals surface area contributed by atoms with Crippen LogP contribution in [0, 0.1) is 5.92 Å². The fourth-order valence-electron chi connectivity index (χ4n) is 2.95. The Bertz CT molecular complexity index is 288. The van der Waals surface area contributed by atoms with Crippen LogP contribution in [-0.2, 0) is 6.42 Å². The highest BCUT2D eigenvalue weighted by Gasteiger charge is 2.24. The lowest BCUT2D eigenvalue weighted by Gasteiger charge is -2.24.